The number of hydrogen-bond acceptors (Lipinski definition) is 2. The second kappa shape index (κ2) is 7.33. The Kier molecular flexibility index (Phi) is 6.06. The highest BCUT2D eigenvalue weighted by Crippen LogP contribution is 2.38. The molecular formula is C13H17F3N2OS. The van der Waals surface area contributed by atoms with Gasteiger partial charge in [0.05, 0.1) is 12.2 Å². The summed E-state index contributed by atoms with van der Waals surface area (Å²) >= 11 is 4.60. The van der Waals surface area contributed by atoms with Crippen LogP contribution in [0.15, 0.2) is 18.2 Å². The number of unbranched alkanes of at least 4 members (excludes halogenated alkanes) is 2. The first-order valence-corrected chi connectivity index (χ1v) is 6.66. The largest absolute Gasteiger partial charge is 0.493 e. The molecule has 3 N–H and O–H groups in total. The van der Waals surface area contributed by atoms with Crippen molar-refractivity contribution in [2.75, 3.05) is 11.9 Å². The van der Waals surface area contributed by atoms with Crippen molar-refractivity contribution in [3.8, 4) is 5.75 Å². The maximum absolute atomic E-state index is 13.0. The first-order valence-electron chi connectivity index (χ1n) is 6.25. The van der Waals surface area contributed by atoms with Crippen molar-refractivity contribution in [1.82, 2.24) is 0 Å². The molecule has 0 fully saturated rings. The van der Waals surface area contributed by atoms with Gasteiger partial charge in [-0.15, -0.1) is 0 Å². The van der Waals surface area contributed by atoms with Gasteiger partial charge in [-0.1, -0.05) is 19.8 Å². The smallest absolute Gasteiger partial charge is 0.420 e. The van der Waals surface area contributed by atoms with E-state index in [9.17, 15) is 13.2 Å². The minimum Gasteiger partial charge on any atom is -0.493 e. The molecule has 3 nitrogen and oxygen atoms in total. The van der Waals surface area contributed by atoms with E-state index in [4.69, 9.17) is 10.5 Å². The molecule has 0 aliphatic heterocycles. The van der Waals surface area contributed by atoms with E-state index in [1.165, 1.54) is 12.1 Å². The van der Waals surface area contributed by atoms with Crippen molar-refractivity contribution in [1.29, 1.82) is 0 Å². The summed E-state index contributed by atoms with van der Waals surface area (Å²) in [5, 5.41) is 2.39. The summed E-state index contributed by atoms with van der Waals surface area (Å²) in [4.78, 5) is 0. The molecule has 1 aromatic rings. The Hall–Kier alpha value is -1.50. The van der Waals surface area contributed by atoms with Crippen molar-refractivity contribution in [2.45, 2.75) is 32.4 Å². The molecule has 1 aromatic carbocycles. The summed E-state index contributed by atoms with van der Waals surface area (Å²) in [6.07, 6.45) is -1.87. The lowest BCUT2D eigenvalue weighted by Crippen LogP contribution is -2.19. The number of halogens is 3. The van der Waals surface area contributed by atoms with E-state index in [1.54, 1.807) is 0 Å². The summed E-state index contributed by atoms with van der Waals surface area (Å²) in [6.45, 7) is 2.27. The van der Waals surface area contributed by atoms with E-state index in [0.717, 1.165) is 25.3 Å². The molecule has 0 amide bonds. The molecule has 0 atom stereocenters. The number of thiocarbonyl (C=S) groups is 1. The van der Waals surface area contributed by atoms with Crippen molar-refractivity contribution >= 4 is 23.0 Å². The number of benzene rings is 1. The summed E-state index contributed by atoms with van der Waals surface area (Å²) in [5.74, 6) is -0.179. The van der Waals surface area contributed by atoms with Crippen molar-refractivity contribution in [3.05, 3.63) is 23.8 Å². The standard InChI is InChI=1S/C13H17F3N2OS/c1-2-3-4-7-19-11-6-5-9(18-12(17)20)8-10(11)13(14,15)16/h5-6,8H,2-4,7H2,1H3,(H3,17,18,20). The lowest BCUT2D eigenvalue weighted by molar-refractivity contribution is -0.138. The molecule has 0 heterocycles. The van der Waals surface area contributed by atoms with Gasteiger partial charge in [-0.3, -0.25) is 0 Å². The fourth-order valence-electron chi connectivity index (χ4n) is 1.63. The van der Waals surface area contributed by atoms with Gasteiger partial charge in [-0.2, -0.15) is 13.2 Å². The van der Waals surface area contributed by atoms with Crippen LogP contribution in [0.25, 0.3) is 0 Å². The molecular weight excluding hydrogens is 289 g/mol. The zero-order valence-electron chi connectivity index (χ0n) is 11.1. The minimum atomic E-state index is -4.49. The summed E-state index contributed by atoms with van der Waals surface area (Å²) in [6, 6.07) is 3.66. The first kappa shape index (κ1) is 16.6. The van der Waals surface area contributed by atoms with Gasteiger partial charge in [-0.25, -0.2) is 0 Å². The lowest BCUT2D eigenvalue weighted by atomic mass is 10.1. The average molecular weight is 306 g/mol. The topological polar surface area (TPSA) is 47.3 Å². The highest BCUT2D eigenvalue weighted by atomic mass is 32.1. The zero-order valence-corrected chi connectivity index (χ0v) is 11.9. The van der Waals surface area contributed by atoms with Crippen LogP contribution in [0.4, 0.5) is 18.9 Å². The monoisotopic (exact) mass is 306 g/mol. The molecule has 0 aromatic heterocycles. The van der Waals surface area contributed by atoms with Crippen molar-refractivity contribution in [3.63, 3.8) is 0 Å². The maximum Gasteiger partial charge on any atom is 0.420 e. The molecule has 0 bridgehead atoms. The van der Waals surface area contributed by atoms with Crippen molar-refractivity contribution < 1.29 is 17.9 Å². The average Bonchev–Trinajstić information content (AvgIpc) is 2.34. The first-order chi connectivity index (χ1) is 9.34. The number of nitrogens with two attached hydrogens (primary N) is 1. The van der Waals surface area contributed by atoms with E-state index in [-0.39, 0.29) is 23.2 Å². The Morgan fingerprint density at radius 3 is 2.60 bits per heavy atom. The van der Waals surface area contributed by atoms with Crippen LogP contribution in [0.1, 0.15) is 31.7 Å². The molecule has 0 spiro atoms. The van der Waals surface area contributed by atoms with Crippen LogP contribution < -0.4 is 15.8 Å². The normalized spacial score (nSPS) is 11.2. The number of rotatable bonds is 6. The van der Waals surface area contributed by atoms with Gasteiger partial charge in [0, 0.05) is 5.69 Å². The van der Waals surface area contributed by atoms with Crippen LogP contribution in [0.3, 0.4) is 0 Å². The highest BCUT2D eigenvalue weighted by Gasteiger charge is 2.34. The predicted octanol–water partition coefficient (Wildman–Crippen LogP) is 3.93. The quantitative estimate of drug-likeness (QED) is 0.617. The minimum absolute atomic E-state index is 0.0882. The molecule has 20 heavy (non-hydrogen) atoms. The maximum atomic E-state index is 13.0. The van der Waals surface area contributed by atoms with Gasteiger partial charge >= 0.3 is 6.18 Å². The van der Waals surface area contributed by atoms with Crippen LogP contribution in [-0.2, 0) is 6.18 Å². The van der Waals surface area contributed by atoms with E-state index >= 15 is 0 Å². The molecule has 0 aliphatic carbocycles. The van der Waals surface area contributed by atoms with E-state index < -0.39 is 11.7 Å². The summed E-state index contributed by atoms with van der Waals surface area (Å²) < 4.78 is 44.1. The van der Waals surface area contributed by atoms with Crippen LogP contribution in [0.2, 0.25) is 0 Å². The molecule has 0 aliphatic rings. The second-order valence-corrected chi connectivity index (χ2v) is 4.69. The fourth-order valence-corrected chi connectivity index (χ4v) is 1.75. The van der Waals surface area contributed by atoms with Gasteiger partial charge < -0.3 is 15.8 Å². The van der Waals surface area contributed by atoms with Gasteiger partial charge in [0.1, 0.15) is 5.75 Å². The van der Waals surface area contributed by atoms with Crippen molar-refractivity contribution in [2.24, 2.45) is 5.73 Å². The molecule has 112 valence electrons. The molecule has 1 rings (SSSR count). The molecule has 0 saturated carbocycles. The Balaban J connectivity index is 2.90. The Labute approximate surface area is 121 Å². The Bertz CT molecular complexity index is 463. The van der Waals surface area contributed by atoms with Gasteiger partial charge in [-0.05, 0) is 36.8 Å². The SMILES string of the molecule is CCCCCOc1ccc(NC(N)=S)cc1C(F)(F)F. The third-order valence-corrected chi connectivity index (χ3v) is 2.66. The van der Waals surface area contributed by atoms with Crippen LogP contribution in [-0.4, -0.2) is 11.7 Å². The number of nitrogens with one attached hydrogen (secondary N) is 1. The third kappa shape index (κ3) is 5.24. The van der Waals surface area contributed by atoms with Crippen LogP contribution in [0.5, 0.6) is 5.75 Å². The van der Waals surface area contributed by atoms with Gasteiger partial charge in [0.25, 0.3) is 0 Å². The summed E-state index contributed by atoms with van der Waals surface area (Å²) in [7, 11) is 0. The number of hydrogen-bond donors (Lipinski definition) is 2. The van der Waals surface area contributed by atoms with Crippen LogP contribution in [0, 0.1) is 0 Å². The molecule has 0 unspecified atom stereocenters. The van der Waals surface area contributed by atoms with E-state index in [0.29, 0.717) is 0 Å². The van der Waals surface area contributed by atoms with Gasteiger partial charge in [0.2, 0.25) is 0 Å². The number of alkyl halides is 3. The lowest BCUT2D eigenvalue weighted by Gasteiger charge is -2.15. The molecule has 0 radical (unpaired) electrons. The zero-order chi connectivity index (χ0) is 15.2. The van der Waals surface area contributed by atoms with E-state index in [2.05, 4.69) is 17.5 Å². The Morgan fingerprint density at radius 2 is 2.05 bits per heavy atom. The number of ether oxygens (including phenoxy) is 1. The summed E-state index contributed by atoms with van der Waals surface area (Å²) in [5.41, 5.74) is 4.59. The molecule has 0 saturated heterocycles. The third-order valence-electron chi connectivity index (χ3n) is 2.56. The predicted molar refractivity (Wildman–Crippen MR) is 76.9 cm³/mol. The Morgan fingerprint density at radius 1 is 1.35 bits per heavy atom. The molecule has 7 heteroatoms. The number of anilines is 1. The fraction of sp³-hybridized carbons (Fsp3) is 0.462. The highest BCUT2D eigenvalue weighted by molar-refractivity contribution is 7.80. The van der Waals surface area contributed by atoms with Crippen LogP contribution >= 0.6 is 12.2 Å². The second-order valence-electron chi connectivity index (χ2n) is 4.25. The van der Waals surface area contributed by atoms with Gasteiger partial charge in [0.15, 0.2) is 5.11 Å². The van der Waals surface area contributed by atoms with E-state index in [1.807, 2.05) is 6.92 Å².